The van der Waals surface area contributed by atoms with Crippen molar-refractivity contribution in [1.29, 1.82) is 0 Å². The number of thiazole rings is 1. The van der Waals surface area contributed by atoms with Gasteiger partial charge in [0.05, 0.1) is 7.11 Å². The predicted molar refractivity (Wildman–Crippen MR) is 120 cm³/mol. The molecule has 11 nitrogen and oxygen atoms in total. The molecule has 0 atom stereocenters. The number of H-pyrrole nitrogens is 1. The molecule has 4 rings (SSSR count). The summed E-state index contributed by atoms with van der Waals surface area (Å²) in [6.07, 6.45) is 0.465. The molecule has 33 heavy (non-hydrogen) atoms. The molecule has 1 N–H and O–H groups in total. The van der Waals surface area contributed by atoms with Crippen LogP contribution in [0, 0.1) is 6.92 Å². The van der Waals surface area contributed by atoms with E-state index in [1.165, 1.54) is 4.31 Å². The van der Waals surface area contributed by atoms with Crippen molar-refractivity contribution >= 4 is 27.3 Å². The van der Waals surface area contributed by atoms with Crippen LogP contribution in [-0.4, -0.2) is 71.9 Å². The number of hydrogen-bond acceptors (Lipinski definition) is 9. The standard InChI is InChI=1S/C20H23N5O6S2/c1-13-19(32-20(27)21-13)33(28,29)25-11-9-24(10-12-25)17(26)8-7-16-22-18(23-31-16)14-3-5-15(30-2)6-4-14/h3-6H,7-12H2,1-2H3,(H,21,27). The van der Waals surface area contributed by atoms with E-state index >= 15 is 0 Å². The third-order valence-corrected chi connectivity index (χ3v) is 8.80. The van der Waals surface area contributed by atoms with Crippen LogP contribution < -0.4 is 9.61 Å². The molecular weight excluding hydrogens is 470 g/mol. The molecule has 2 aromatic heterocycles. The van der Waals surface area contributed by atoms with Gasteiger partial charge < -0.3 is 19.1 Å². The summed E-state index contributed by atoms with van der Waals surface area (Å²) in [4.78, 5) is 32.1. The molecule has 1 aliphatic rings. The molecule has 1 saturated heterocycles. The lowest BCUT2D eigenvalue weighted by atomic mass is 10.2. The molecule has 1 fully saturated rings. The Morgan fingerprint density at radius 1 is 1.21 bits per heavy atom. The first kappa shape index (κ1) is 23.1. The summed E-state index contributed by atoms with van der Waals surface area (Å²) in [5.74, 6) is 1.40. The number of ether oxygens (including phenoxy) is 1. The summed E-state index contributed by atoms with van der Waals surface area (Å²) < 4.78 is 37.3. The van der Waals surface area contributed by atoms with E-state index in [1.807, 2.05) is 12.1 Å². The lowest BCUT2D eigenvalue weighted by Crippen LogP contribution is -2.50. The van der Waals surface area contributed by atoms with E-state index in [1.54, 1.807) is 31.1 Å². The average molecular weight is 494 g/mol. The van der Waals surface area contributed by atoms with Gasteiger partial charge in [-0.15, -0.1) is 0 Å². The van der Waals surface area contributed by atoms with E-state index in [0.717, 1.165) is 11.3 Å². The fraction of sp³-hybridized carbons (Fsp3) is 0.400. The topological polar surface area (TPSA) is 139 Å². The number of amides is 1. The van der Waals surface area contributed by atoms with Crippen molar-refractivity contribution in [2.45, 2.75) is 24.0 Å². The van der Waals surface area contributed by atoms with Gasteiger partial charge in [-0.3, -0.25) is 9.59 Å². The van der Waals surface area contributed by atoms with Gasteiger partial charge in [-0.1, -0.05) is 16.5 Å². The first-order valence-corrected chi connectivity index (χ1v) is 12.5. The average Bonchev–Trinajstić information content (AvgIpc) is 3.43. The molecule has 0 saturated carbocycles. The number of sulfonamides is 1. The van der Waals surface area contributed by atoms with Gasteiger partial charge in [0.25, 0.3) is 10.0 Å². The van der Waals surface area contributed by atoms with Gasteiger partial charge in [-0.05, 0) is 31.2 Å². The normalized spacial score (nSPS) is 15.0. The number of aromatic nitrogens is 3. The maximum atomic E-state index is 12.8. The highest BCUT2D eigenvalue weighted by Gasteiger charge is 2.32. The lowest BCUT2D eigenvalue weighted by Gasteiger charge is -2.33. The number of benzene rings is 1. The Balaban J connectivity index is 1.30. The molecule has 1 aromatic carbocycles. The number of nitrogens with one attached hydrogen (secondary N) is 1. The van der Waals surface area contributed by atoms with Crippen molar-refractivity contribution < 1.29 is 22.5 Å². The summed E-state index contributed by atoms with van der Waals surface area (Å²) in [6, 6.07) is 7.23. The number of methoxy groups -OCH3 is 1. The van der Waals surface area contributed by atoms with Crippen molar-refractivity contribution in [3.63, 3.8) is 0 Å². The molecule has 176 valence electrons. The monoisotopic (exact) mass is 493 g/mol. The number of aryl methyl sites for hydroxylation is 2. The lowest BCUT2D eigenvalue weighted by molar-refractivity contribution is -0.132. The Bertz CT molecular complexity index is 1290. The number of nitrogens with zero attached hydrogens (tertiary/aromatic N) is 4. The van der Waals surface area contributed by atoms with Crippen LogP contribution in [0.4, 0.5) is 0 Å². The number of hydrogen-bond donors (Lipinski definition) is 1. The van der Waals surface area contributed by atoms with Crippen molar-refractivity contribution in [2.75, 3.05) is 33.3 Å². The van der Waals surface area contributed by atoms with Crippen LogP contribution in [-0.2, 0) is 21.2 Å². The van der Waals surface area contributed by atoms with Crippen LogP contribution >= 0.6 is 11.3 Å². The zero-order valence-corrected chi connectivity index (χ0v) is 19.7. The van der Waals surface area contributed by atoms with Crippen molar-refractivity contribution in [2.24, 2.45) is 0 Å². The molecular formula is C20H23N5O6S2. The third-order valence-electron chi connectivity index (χ3n) is 5.32. The van der Waals surface area contributed by atoms with E-state index in [4.69, 9.17) is 9.26 Å². The van der Waals surface area contributed by atoms with Crippen LogP contribution in [0.2, 0.25) is 0 Å². The van der Waals surface area contributed by atoms with Crippen LogP contribution in [0.3, 0.4) is 0 Å². The molecule has 13 heteroatoms. The first-order valence-electron chi connectivity index (χ1n) is 10.2. The largest absolute Gasteiger partial charge is 0.497 e. The van der Waals surface area contributed by atoms with Gasteiger partial charge in [-0.25, -0.2) is 8.42 Å². The highest BCUT2D eigenvalue weighted by molar-refractivity contribution is 7.91. The molecule has 1 amide bonds. The van der Waals surface area contributed by atoms with E-state index in [9.17, 15) is 18.0 Å². The number of carbonyl (C=O) groups is 1. The van der Waals surface area contributed by atoms with Gasteiger partial charge in [0.2, 0.25) is 17.6 Å². The van der Waals surface area contributed by atoms with Gasteiger partial charge in [-0.2, -0.15) is 9.29 Å². The summed E-state index contributed by atoms with van der Waals surface area (Å²) in [5, 5.41) is 3.96. The maximum absolute atomic E-state index is 12.8. The Labute approximate surface area is 194 Å². The van der Waals surface area contributed by atoms with Crippen LogP contribution in [0.5, 0.6) is 5.75 Å². The van der Waals surface area contributed by atoms with Gasteiger partial charge >= 0.3 is 4.87 Å². The van der Waals surface area contributed by atoms with E-state index in [0.29, 0.717) is 28.7 Å². The number of rotatable bonds is 7. The van der Waals surface area contributed by atoms with Crippen molar-refractivity contribution in [1.82, 2.24) is 24.3 Å². The Morgan fingerprint density at radius 2 is 1.91 bits per heavy atom. The summed E-state index contributed by atoms with van der Waals surface area (Å²) in [6.45, 7) is 2.44. The Kier molecular flexibility index (Phi) is 6.63. The smallest absolute Gasteiger partial charge is 0.305 e. The molecule has 0 unspecified atom stereocenters. The van der Waals surface area contributed by atoms with Crippen LogP contribution in [0.15, 0.2) is 37.8 Å². The Morgan fingerprint density at radius 3 is 2.52 bits per heavy atom. The minimum atomic E-state index is -3.76. The minimum Gasteiger partial charge on any atom is -0.497 e. The maximum Gasteiger partial charge on any atom is 0.305 e. The highest BCUT2D eigenvalue weighted by atomic mass is 32.2. The zero-order valence-electron chi connectivity index (χ0n) is 18.1. The molecule has 3 heterocycles. The molecule has 0 spiro atoms. The summed E-state index contributed by atoms with van der Waals surface area (Å²) in [7, 11) is -2.18. The summed E-state index contributed by atoms with van der Waals surface area (Å²) >= 11 is 0.679. The fourth-order valence-electron chi connectivity index (χ4n) is 3.52. The quantitative estimate of drug-likeness (QED) is 0.519. The number of piperazine rings is 1. The zero-order chi connectivity index (χ0) is 23.6. The fourth-order valence-corrected chi connectivity index (χ4v) is 6.37. The predicted octanol–water partition coefficient (Wildman–Crippen LogP) is 1.27. The minimum absolute atomic E-state index is 0.0244. The molecule has 3 aromatic rings. The van der Waals surface area contributed by atoms with E-state index < -0.39 is 14.9 Å². The van der Waals surface area contributed by atoms with Crippen LogP contribution in [0.25, 0.3) is 11.4 Å². The first-order chi connectivity index (χ1) is 15.8. The second-order valence-electron chi connectivity index (χ2n) is 7.45. The molecule has 0 radical (unpaired) electrons. The molecule has 1 aliphatic heterocycles. The summed E-state index contributed by atoms with van der Waals surface area (Å²) in [5.41, 5.74) is 1.11. The number of aromatic amines is 1. The van der Waals surface area contributed by atoms with Crippen LogP contribution in [0.1, 0.15) is 18.0 Å². The van der Waals surface area contributed by atoms with Gasteiger partial charge in [0, 0.05) is 50.3 Å². The third kappa shape index (κ3) is 4.99. The van der Waals surface area contributed by atoms with Crippen molar-refractivity contribution in [3.8, 4) is 17.1 Å². The number of carbonyl (C=O) groups excluding carboxylic acids is 1. The Hall–Kier alpha value is -3.03. The second kappa shape index (κ2) is 9.45. The van der Waals surface area contributed by atoms with Crippen molar-refractivity contribution in [3.05, 3.63) is 45.5 Å². The van der Waals surface area contributed by atoms with E-state index in [2.05, 4.69) is 15.1 Å². The molecule has 0 aliphatic carbocycles. The van der Waals surface area contributed by atoms with E-state index in [-0.39, 0.29) is 49.1 Å². The van der Waals surface area contributed by atoms with Gasteiger partial charge in [0.15, 0.2) is 4.21 Å². The molecule has 0 bridgehead atoms. The highest BCUT2D eigenvalue weighted by Crippen LogP contribution is 2.23. The van der Waals surface area contributed by atoms with Gasteiger partial charge in [0.1, 0.15) is 5.75 Å². The second-order valence-corrected chi connectivity index (χ2v) is 10.6. The SMILES string of the molecule is COc1ccc(-c2noc(CCC(=O)N3CCN(S(=O)(=O)c4sc(=O)[nH]c4C)CC3)n2)cc1.